The molecule has 2 aromatic rings. The molecule has 0 aliphatic rings. The van der Waals surface area contributed by atoms with Crippen LogP contribution in [0.5, 0.6) is 0 Å². The monoisotopic (exact) mass is 408 g/mol. The zero-order valence-corrected chi connectivity index (χ0v) is 12.9. The first-order valence-corrected chi connectivity index (χ1v) is 6.82. The van der Waals surface area contributed by atoms with Crippen LogP contribution in [0.2, 0.25) is 5.02 Å². The lowest BCUT2D eigenvalue weighted by Crippen LogP contribution is -2.34. The number of anilines is 1. The molecule has 0 aliphatic heterocycles. The molecule has 0 fully saturated rings. The van der Waals surface area contributed by atoms with Gasteiger partial charge in [-0.05, 0) is 33.9 Å². The molecule has 0 saturated heterocycles. The van der Waals surface area contributed by atoms with Gasteiger partial charge in [-0.25, -0.2) is 4.79 Å². The molecule has 1 amide bonds. The second-order valence-corrected chi connectivity index (χ2v) is 5.96. The molecule has 0 saturated carbocycles. The standard InChI is InChI=1S/C10H10ClIN6O2/c11-7-4-2-1-3-6(7)10(12,20-9(14)19)5-18-16-8(13)15-17-18/h1-4H,5H2,(H2,13,16)(H2,14,19). The summed E-state index contributed by atoms with van der Waals surface area (Å²) in [6.45, 7) is 0.0600. The number of tetrazole rings is 1. The van der Waals surface area contributed by atoms with Crippen LogP contribution in [0.1, 0.15) is 5.56 Å². The van der Waals surface area contributed by atoms with Gasteiger partial charge in [-0.2, -0.15) is 4.80 Å². The molecule has 20 heavy (non-hydrogen) atoms. The number of hydrogen-bond acceptors (Lipinski definition) is 6. The third kappa shape index (κ3) is 3.28. The molecule has 4 N–H and O–H groups in total. The van der Waals surface area contributed by atoms with Crippen LogP contribution in [0.15, 0.2) is 24.3 Å². The fraction of sp³-hybridized carbons (Fsp3) is 0.200. The van der Waals surface area contributed by atoms with E-state index in [0.717, 1.165) is 0 Å². The molecule has 0 spiro atoms. The van der Waals surface area contributed by atoms with Gasteiger partial charge in [0.25, 0.3) is 5.95 Å². The third-order valence-corrected chi connectivity index (χ3v) is 3.82. The molecular weight excluding hydrogens is 399 g/mol. The summed E-state index contributed by atoms with van der Waals surface area (Å²) in [6.07, 6.45) is -0.938. The number of hydrogen-bond donors (Lipinski definition) is 2. The first-order valence-electron chi connectivity index (χ1n) is 5.36. The van der Waals surface area contributed by atoms with Gasteiger partial charge in [-0.1, -0.05) is 34.9 Å². The van der Waals surface area contributed by atoms with Crippen LogP contribution in [-0.2, 0) is 14.9 Å². The van der Waals surface area contributed by atoms with Gasteiger partial charge in [-0.3, -0.25) is 0 Å². The van der Waals surface area contributed by atoms with Crippen molar-refractivity contribution in [3.05, 3.63) is 34.9 Å². The Bertz CT molecular complexity index is 636. The molecule has 1 atom stereocenters. The molecule has 8 nitrogen and oxygen atoms in total. The average Bonchev–Trinajstić information content (AvgIpc) is 2.73. The molecule has 0 bridgehead atoms. The van der Waals surface area contributed by atoms with Crippen molar-refractivity contribution in [1.29, 1.82) is 0 Å². The summed E-state index contributed by atoms with van der Waals surface area (Å²) in [7, 11) is 0. The van der Waals surface area contributed by atoms with E-state index in [-0.39, 0.29) is 12.5 Å². The van der Waals surface area contributed by atoms with Gasteiger partial charge in [0.05, 0.1) is 0 Å². The van der Waals surface area contributed by atoms with E-state index in [2.05, 4.69) is 15.4 Å². The molecule has 1 aromatic carbocycles. The van der Waals surface area contributed by atoms with Gasteiger partial charge in [-0.15, -0.1) is 5.10 Å². The summed E-state index contributed by atoms with van der Waals surface area (Å²) in [5, 5.41) is 11.6. The number of rotatable bonds is 4. The summed E-state index contributed by atoms with van der Waals surface area (Å²) < 4.78 is 4.02. The Hall–Kier alpha value is -1.62. The second-order valence-electron chi connectivity index (χ2n) is 3.81. The van der Waals surface area contributed by atoms with Crippen molar-refractivity contribution in [2.24, 2.45) is 5.73 Å². The Morgan fingerprint density at radius 3 is 2.75 bits per heavy atom. The summed E-state index contributed by atoms with van der Waals surface area (Å²) in [6, 6.07) is 6.93. The van der Waals surface area contributed by atoms with E-state index < -0.39 is 9.70 Å². The average molecular weight is 409 g/mol. The smallest absolute Gasteiger partial charge is 0.406 e. The maximum absolute atomic E-state index is 11.2. The molecule has 1 aromatic heterocycles. The van der Waals surface area contributed by atoms with Crippen molar-refractivity contribution >= 4 is 46.2 Å². The van der Waals surface area contributed by atoms with E-state index in [1.807, 2.05) is 22.6 Å². The van der Waals surface area contributed by atoms with Crippen LogP contribution in [-0.4, -0.2) is 26.3 Å². The van der Waals surface area contributed by atoms with Crippen LogP contribution in [0.4, 0.5) is 10.7 Å². The largest absolute Gasteiger partial charge is 0.425 e. The van der Waals surface area contributed by atoms with E-state index in [0.29, 0.717) is 10.6 Å². The lowest BCUT2D eigenvalue weighted by Gasteiger charge is -2.27. The number of nitrogens with two attached hydrogens (primary N) is 2. The number of amides is 1. The molecule has 10 heteroatoms. The number of carbonyl (C=O) groups excluding carboxylic acids is 1. The fourth-order valence-electron chi connectivity index (χ4n) is 1.60. The molecule has 2 rings (SSSR count). The number of halogens is 2. The van der Waals surface area contributed by atoms with Crippen molar-refractivity contribution in [3.63, 3.8) is 0 Å². The van der Waals surface area contributed by atoms with Gasteiger partial charge in [0.15, 0.2) is 0 Å². The quantitative estimate of drug-likeness (QED) is 0.581. The van der Waals surface area contributed by atoms with Crippen molar-refractivity contribution in [1.82, 2.24) is 20.2 Å². The van der Waals surface area contributed by atoms with Gasteiger partial charge < -0.3 is 16.2 Å². The van der Waals surface area contributed by atoms with Crippen LogP contribution in [0.25, 0.3) is 0 Å². The first kappa shape index (κ1) is 14.8. The van der Waals surface area contributed by atoms with E-state index in [4.69, 9.17) is 27.8 Å². The lowest BCUT2D eigenvalue weighted by molar-refractivity contribution is 0.0773. The van der Waals surface area contributed by atoms with Gasteiger partial charge in [0.2, 0.25) is 3.61 Å². The van der Waals surface area contributed by atoms with E-state index in [9.17, 15) is 4.79 Å². The predicted octanol–water partition coefficient (Wildman–Crippen LogP) is 1.29. The highest BCUT2D eigenvalue weighted by atomic mass is 127. The number of nitrogens with zero attached hydrogens (tertiary/aromatic N) is 4. The van der Waals surface area contributed by atoms with Crippen LogP contribution >= 0.6 is 34.2 Å². The zero-order chi connectivity index (χ0) is 14.8. The van der Waals surface area contributed by atoms with Gasteiger partial charge in [0, 0.05) is 10.6 Å². The van der Waals surface area contributed by atoms with Crippen LogP contribution in [0, 0.1) is 0 Å². The van der Waals surface area contributed by atoms with E-state index in [1.54, 1.807) is 24.3 Å². The van der Waals surface area contributed by atoms with Gasteiger partial charge in [0.1, 0.15) is 6.54 Å². The number of ether oxygens (including phenoxy) is 1. The van der Waals surface area contributed by atoms with Gasteiger partial charge >= 0.3 is 6.09 Å². The molecule has 106 valence electrons. The first-order chi connectivity index (χ1) is 9.40. The molecule has 0 radical (unpaired) electrons. The van der Waals surface area contributed by atoms with E-state index in [1.165, 1.54) is 4.80 Å². The predicted molar refractivity (Wildman–Crippen MR) is 80.0 cm³/mol. The maximum atomic E-state index is 11.2. The Labute approximate surface area is 132 Å². The number of nitrogen functional groups attached to an aromatic ring is 1. The minimum absolute atomic E-state index is 0.0157. The zero-order valence-electron chi connectivity index (χ0n) is 10.0. The number of carbonyl (C=O) groups is 1. The molecule has 0 aliphatic carbocycles. The number of primary amides is 1. The Morgan fingerprint density at radius 1 is 1.50 bits per heavy atom. The summed E-state index contributed by atoms with van der Waals surface area (Å²) in [5.74, 6) is 0.0157. The van der Waals surface area contributed by atoms with Crippen molar-refractivity contribution < 1.29 is 9.53 Å². The van der Waals surface area contributed by atoms with E-state index >= 15 is 0 Å². The van der Waals surface area contributed by atoms with Crippen LogP contribution in [0.3, 0.4) is 0 Å². The third-order valence-electron chi connectivity index (χ3n) is 2.35. The lowest BCUT2D eigenvalue weighted by atomic mass is 10.1. The summed E-state index contributed by atoms with van der Waals surface area (Å²) in [5.41, 5.74) is 11.1. The van der Waals surface area contributed by atoms with Crippen molar-refractivity contribution in [3.8, 4) is 0 Å². The van der Waals surface area contributed by atoms with Crippen molar-refractivity contribution in [2.45, 2.75) is 10.2 Å². The number of aromatic nitrogens is 4. The number of benzene rings is 1. The highest BCUT2D eigenvalue weighted by molar-refractivity contribution is 14.1. The molecule has 1 heterocycles. The minimum Gasteiger partial charge on any atom is -0.425 e. The molecular formula is C10H10ClIN6O2. The number of alkyl halides is 1. The summed E-state index contributed by atoms with van der Waals surface area (Å²) >= 11 is 8.05. The molecule has 1 unspecified atom stereocenters. The highest BCUT2D eigenvalue weighted by Crippen LogP contribution is 2.38. The summed E-state index contributed by atoms with van der Waals surface area (Å²) in [4.78, 5) is 12.4. The maximum Gasteiger partial charge on any atom is 0.406 e. The van der Waals surface area contributed by atoms with Crippen LogP contribution < -0.4 is 11.5 Å². The topological polar surface area (TPSA) is 122 Å². The second kappa shape index (κ2) is 5.79. The minimum atomic E-state index is -1.17. The Kier molecular flexibility index (Phi) is 4.28. The van der Waals surface area contributed by atoms with Crippen molar-refractivity contribution in [2.75, 3.05) is 5.73 Å². The Morgan fingerprint density at radius 2 is 2.20 bits per heavy atom. The SMILES string of the molecule is NC(=O)OC(I)(Cn1nnc(N)n1)c1ccccc1Cl. The normalized spacial score (nSPS) is 13.7. The highest BCUT2D eigenvalue weighted by Gasteiger charge is 2.36. The Balaban J connectivity index is 2.40. The fourth-order valence-corrected chi connectivity index (χ4v) is 3.04.